The first kappa shape index (κ1) is 65.3. The lowest BCUT2D eigenvalue weighted by molar-refractivity contribution is -0.298. The largest absolute Gasteiger partial charge is 0.397 e. The number of aliphatic hydroxyl groups excluding tert-OH is 5. The van der Waals surface area contributed by atoms with E-state index in [1.807, 2.05) is 6.08 Å². The van der Waals surface area contributed by atoms with Crippen LogP contribution < -0.4 is 5.32 Å². The van der Waals surface area contributed by atoms with Gasteiger partial charge in [-0.1, -0.05) is 237 Å². The minimum atomic E-state index is -5.12. The van der Waals surface area contributed by atoms with E-state index in [0.717, 1.165) is 51.4 Å². The second kappa shape index (κ2) is 44.9. The van der Waals surface area contributed by atoms with Gasteiger partial charge in [0, 0.05) is 0 Å². The van der Waals surface area contributed by atoms with Crippen molar-refractivity contribution in [3.63, 3.8) is 0 Å². The Balaban J connectivity index is 2.45. The lowest BCUT2D eigenvalue weighted by Crippen LogP contribution is -2.61. The van der Waals surface area contributed by atoms with Crippen LogP contribution in [0.2, 0.25) is 0 Å². The van der Waals surface area contributed by atoms with Gasteiger partial charge in [0.2, 0.25) is 5.91 Å². The Morgan fingerprint density at radius 1 is 0.609 bits per heavy atom. The summed E-state index contributed by atoms with van der Waals surface area (Å²) >= 11 is 0. The molecule has 1 amide bonds. The van der Waals surface area contributed by atoms with E-state index >= 15 is 0 Å². The second-order valence-corrected chi connectivity index (χ2v) is 20.7. The summed E-state index contributed by atoms with van der Waals surface area (Å²) in [5, 5.41) is 55.5. The van der Waals surface area contributed by atoms with Gasteiger partial charge in [0.15, 0.2) is 6.29 Å². The standard InChI is InChI=1S/C55H103NO12S/c1-3-5-7-9-11-13-15-17-19-21-23-25-27-29-31-33-35-37-39-41-43-48(58)47(46-66-55-52(61)53(68-69(63,64)65)51(60)50(45-57)67-55)56-54(62)49(59)44-42-40-38-36-34-32-30-28-26-24-22-20-18-16-14-12-10-8-6-4-2/h6,8,12,14,41,43,47-53,55,57-61H,3-5,7,9-11,13,15-40,42,44-46H2,1-2H3,(H,56,62)(H,63,64,65)/b8-6-,14-12-,43-41+. The van der Waals surface area contributed by atoms with Crippen molar-refractivity contribution in [2.45, 2.75) is 294 Å². The predicted octanol–water partition coefficient (Wildman–Crippen LogP) is 11.6. The molecule has 0 radical (unpaired) electrons. The summed E-state index contributed by atoms with van der Waals surface area (Å²) in [4.78, 5) is 13.2. The molecule has 1 rings (SSSR count). The molecule has 0 aromatic carbocycles. The number of hydrogen-bond donors (Lipinski definition) is 7. The number of ether oxygens (including phenoxy) is 2. The summed E-state index contributed by atoms with van der Waals surface area (Å²) in [6, 6.07) is -1.12. The predicted molar refractivity (Wildman–Crippen MR) is 279 cm³/mol. The van der Waals surface area contributed by atoms with Gasteiger partial charge in [-0.2, -0.15) is 8.42 Å². The Labute approximate surface area is 420 Å². The molecular weight excluding hydrogens is 899 g/mol. The lowest BCUT2D eigenvalue weighted by atomic mass is 9.99. The Hall–Kier alpha value is -1.72. The quantitative estimate of drug-likeness (QED) is 0.0172. The van der Waals surface area contributed by atoms with Crippen LogP contribution in [0.1, 0.15) is 245 Å². The number of allylic oxidation sites excluding steroid dienone is 5. The molecule has 13 nitrogen and oxygen atoms in total. The van der Waals surface area contributed by atoms with Crippen LogP contribution in [0, 0.1) is 0 Å². The molecule has 1 fully saturated rings. The molecular formula is C55H103NO12S. The number of aliphatic hydroxyl groups is 5. The normalized spacial score (nSPS) is 20.4. The topological polar surface area (TPSA) is 212 Å². The summed E-state index contributed by atoms with van der Waals surface area (Å²) in [5.41, 5.74) is 0. The van der Waals surface area contributed by atoms with E-state index in [9.17, 15) is 43.3 Å². The average Bonchev–Trinajstić information content (AvgIpc) is 3.32. The van der Waals surface area contributed by atoms with Crippen molar-refractivity contribution in [1.29, 1.82) is 0 Å². The van der Waals surface area contributed by atoms with Crippen molar-refractivity contribution in [1.82, 2.24) is 5.32 Å². The number of rotatable bonds is 48. The third kappa shape index (κ3) is 36.8. The maximum absolute atomic E-state index is 13.2. The molecule has 8 atom stereocenters. The van der Waals surface area contributed by atoms with Gasteiger partial charge in [0.05, 0.1) is 25.4 Å². The van der Waals surface area contributed by atoms with Gasteiger partial charge in [0.25, 0.3) is 0 Å². The highest BCUT2D eigenvalue weighted by molar-refractivity contribution is 7.80. The zero-order chi connectivity index (χ0) is 50.6. The van der Waals surface area contributed by atoms with E-state index < -0.39 is 78.5 Å². The van der Waals surface area contributed by atoms with E-state index in [-0.39, 0.29) is 6.42 Å². The van der Waals surface area contributed by atoms with Crippen LogP contribution in [0.25, 0.3) is 0 Å². The average molecular weight is 1000 g/mol. The van der Waals surface area contributed by atoms with Gasteiger partial charge < -0.3 is 40.3 Å². The van der Waals surface area contributed by atoms with Gasteiger partial charge in [-0.3, -0.25) is 9.35 Å². The van der Waals surface area contributed by atoms with Crippen molar-refractivity contribution in [2.24, 2.45) is 0 Å². The zero-order valence-electron chi connectivity index (χ0n) is 43.5. The molecule has 406 valence electrons. The zero-order valence-corrected chi connectivity index (χ0v) is 44.3. The van der Waals surface area contributed by atoms with Crippen molar-refractivity contribution in [3.05, 3.63) is 36.5 Å². The molecule has 8 unspecified atom stereocenters. The van der Waals surface area contributed by atoms with Crippen molar-refractivity contribution in [2.75, 3.05) is 13.2 Å². The number of amides is 1. The number of unbranched alkanes of at least 4 members (excludes halogenated alkanes) is 31. The smallest absolute Gasteiger partial charge is 0.394 e. The molecule has 1 heterocycles. The molecule has 1 saturated heterocycles. The summed E-state index contributed by atoms with van der Waals surface area (Å²) in [5.74, 6) is -0.701. The molecule has 7 N–H and O–H groups in total. The maximum atomic E-state index is 13.2. The number of hydrogen-bond acceptors (Lipinski definition) is 11. The van der Waals surface area contributed by atoms with Crippen molar-refractivity contribution in [3.8, 4) is 0 Å². The van der Waals surface area contributed by atoms with E-state index in [4.69, 9.17) is 9.47 Å². The van der Waals surface area contributed by atoms with Crippen molar-refractivity contribution < 1.29 is 57.0 Å². The fraction of sp³-hybridized carbons (Fsp3) is 0.873. The summed E-state index contributed by atoms with van der Waals surface area (Å²) in [6.45, 7) is 3.16. The fourth-order valence-corrected chi connectivity index (χ4v) is 9.42. The Morgan fingerprint density at radius 3 is 1.49 bits per heavy atom. The Morgan fingerprint density at radius 2 is 1.04 bits per heavy atom. The van der Waals surface area contributed by atoms with Gasteiger partial charge >= 0.3 is 10.4 Å². The fourth-order valence-electron chi connectivity index (χ4n) is 8.91. The molecule has 0 spiro atoms. The second-order valence-electron chi connectivity index (χ2n) is 19.6. The third-order valence-electron chi connectivity index (χ3n) is 13.3. The molecule has 1 aliphatic rings. The SMILES string of the molecule is CC/C=C\C/C=C\CCCCCCCCCCCCCCCC(O)C(=O)NC(COC1OC(CO)C(O)C(OS(=O)(=O)O)C1O)C(O)/C=C/CCCCCCCCCCCCCCCCCCCC. The minimum Gasteiger partial charge on any atom is -0.394 e. The molecule has 0 aliphatic carbocycles. The third-order valence-corrected chi connectivity index (χ3v) is 13.7. The summed E-state index contributed by atoms with van der Waals surface area (Å²) in [7, 11) is -5.12. The molecule has 14 heteroatoms. The molecule has 0 aromatic rings. The van der Waals surface area contributed by atoms with E-state index in [1.165, 1.54) is 161 Å². The van der Waals surface area contributed by atoms with Crippen LogP contribution in [0.4, 0.5) is 0 Å². The molecule has 69 heavy (non-hydrogen) atoms. The monoisotopic (exact) mass is 1000 g/mol. The summed E-state index contributed by atoms with van der Waals surface area (Å²) in [6.07, 6.45) is 43.6. The van der Waals surface area contributed by atoms with Crippen LogP contribution in [0.3, 0.4) is 0 Å². The van der Waals surface area contributed by atoms with E-state index in [1.54, 1.807) is 6.08 Å². The molecule has 0 saturated carbocycles. The van der Waals surface area contributed by atoms with Crippen LogP contribution >= 0.6 is 0 Å². The lowest BCUT2D eigenvalue weighted by Gasteiger charge is -2.41. The van der Waals surface area contributed by atoms with Gasteiger partial charge in [-0.25, -0.2) is 4.18 Å². The van der Waals surface area contributed by atoms with Crippen molar-refractivity contribution >= 4 is 16.3 Å². The Kier molecular flexibility index (Phi) is 42.5. The number of nitrogens with one attached hydrogen (secondary N) is 1. The Bertz CT molecular complexity index is 1380. The van der Waals surface area contributed by atoms with Gasteiger partial charge in [-0.15, -0.1) is 0 Å². The summed E-state index contributed by atoms with van der Waals surface area (Å²) < 4.78 is 47.7. The number of carbonyl (C=O) groups is 1. The van der Waals surface area contributed by atoms with Crippen LogP contribution in [-0.4, -0.2) is 107 Å². The van der Waals surface area contributed by atoms with Crippen LogP contribution in [0.5, 0.6) is 0 Å². The van der Waals surface area contributed by atoms with E-state index in [0.29, 0.717) is 12.8 Å². The van der Waals surface area contributed by atoms with Gasteiger partial charge in [0.1, 0.15) is 30.5 Å². The minimum absolute atomic E-state index is 0.243. The van der Waals surface area contributed by atoms with Crippen LogP contribution in [-0.2, 0) is 28.9 Å². The van der Waals surface area contributed by atoms with Gasteiger partial charge in [-0.05, 0) is 44.9 Å². The highest BCUT2D eigenvalue weighted by atomic mass is 32.3. The molecule has 0 aromatic heterocycles. The highest BCUT2D eigenvalue weighted by Gasteiger charge is 2.48. The molecule has 1 aliphatic heterocycles. The first-order valence-electron chi connectivity index (χ1n) is 28.0. The molecule has 0 bridgehead atoms. The maximum Gasteiger partial charge on any atom is 0.397 e. The van der Waals surface area contributed by atoms with Crippen LogP contribution in [0.15, 0.2) is 36.5 Å². The highest BCUT2D eigenvalue weighted by Crippen LogP contribution is 2.26. The van der Waals surface area contributed by atoms with E-state index in [2.05, 4.69) is 47.7 Å². The first-order chi connectivity index (χ1) is 33.4. The first-order valence-corrected chi connectivity index (χ1v) is 29.3. The number of carbonyl (C=O) groups excluding carboxylic acids is 1.